The first-order valence-corrected chi connectivity index (χ1v) is 12.2. The van der Waals surface area contributed by atoms with E-state index in [9.17, 15) is 14.7 Å². The van der Waals surface area contributed by atoms with E-state index >= 15 is 0 Å². The smallest absolute Gasteiger partial charge is 0.295 e. The van der Waals surface area contributed by atoms with Crippen LogP contribution in [-0.4, -0.2) is 73.1 Å². The number of carbonyl (C=O) groups is 2. The molecular formula is C27H31ClN2O5. The second kappa shape index (κ2) is 10.8. The molecule has 2 fully saturated rings. The third-order valence-corrected chi connectivity index (χ3v) is 6.94. The van der Waals surface area contributed by atoms with Gasteiger partial charge in [0, 0.05) is 31.7 Å². The number of amides is 1. The van der Waals surface area contributed by atoms with Crippen LogP contribution in [0.3, 0.4) is 0 Å². The van der Waals surface area contributed by atoms with Crippen LogP contribution in [0.4, 0.5) is 0 Å². The molecule has 0 aliphatic carbocycles. The zero-order valence-corrected chi connectivity index (χ0v) is 21.0. The number of rotatable bonds is 7. The molecular weight excluding hydrogens is 468 g/mol. The Morgan fingerprint density at radius 3 is 2.40 bits per heavy atom. The fourth-order valence-electron chi connectivity index (χ4n) is 4.56. The molecule has 2 aliphatic heterocycles. The average Bonchev–Trinajstić information content (AvgIpc) is 3.12. The van der Waals surface area contributed by atoms with E-state index in [0.717, 1.165) is 24.2 Å². The van der Waals surface area contributed by atoms with E-state index in [2.05, 4.69) is 18.7 Å². The molecule has 35 heavy (non-hydrogen) atoms. The van der Waals surface area contributed by atoms with E-state index in [-0.39, 0.29) is 11.3 Å². The number of aliphatic hydroxyl groups excluding tert-OH is 1. The molecule has 0 bridgehead atoms. The summed E-state index contributed by atoms with van der Waals surface area (Å²) >= 11 is 6.27. The van der Waals surface area contributed by atoms with Crippen LogP contribution in [0.5, 0.6) is 5.75 Å². The molecule has 0 saturated carbocycles. The number of hydrogen-bond donors (Lipinski definition) is 1. The molecule has 0 aromatic heterocycles. The van der Waals surface area contributed by atoms with Gasteiger partial charge in [0.05, 0.1) is 37.0 Å². The number of ether oxygens (including phenoxy) is 2. The fraction of sp³-hybridized carbons (Fsp3) is 0.407. The Kier molecular flexibility index (Phi) is 7.79. The summed E-state index contributed by atoms with van der Waals surface area (Å²) in [7, 11) is 1.50. The van der Waals surface area contributed by atoms with Crippen molar-refractivity contribution in [2.24, 2.45) is 0 Å². The van der Waals surface area contributed by atoms with Gasteiger partial charge in [-0.2, -0.15) is 0 Å². The van der Waals surface area contributed by atoms with Crippen molar-refractivity contribution in [3.63, 3.8) is 0 Å². The Balaban J connectivity index is 1.75. The maximum absolute atomic E-state index is 13.2. The highest BCUT2D eigenvalue weighted by Gasteiger charge is 2.46. The van der Waals surface area contributed by atoms with Crippen LogP contribution in [0.1, 0.15) is 42.5 Å². The number of hydrogen-bond acceptors (Lipinski definition) is 6. The van der Waals surface area contributed by atoms with Crippen LogP contribution < -0.4 is 4.74 Å². The van der Waals surface area contributed by atoms with Crippen molar-refractivity contribution >= 4 is 29.1 Å². The normalized spacial score (nSPS) is 20.6. The van der Waals surface area contributed by atoms with Gasteiger partial charge in [-0.25, -0.2) is 0 Å². The zero-order valence-electron chi connectivity index (χ0n) is 20.3. The number of halogens is 1. The van der Waals surface area contributed by atoms with E-state index < -0.39 is 17.7 Å². The highest BCUT2D eigenvalue weighted by Crippen LogP contribution is 2.40. The highest BCUT2D eigenvalue weighted by atomic mass is 35.5. The Morgan fingerprint density at radius 1 is 1.11 bits per heavy atom. The summed E-state index contributed by atoms with van der Waals surface area (Å²) in [5.41, 5.74) is 2.35. The summed E-state index contributed by atoms with van der Waals surface area (Å²) in [6.07, 6.45) is 0. The summed E-state index contributed by atoms with van der Waals surface area (Å²) in [5, 5.41) is 11.6. The van der Waals surface area contributed by atoms with Crippen molar-refractivity contribution in [3.8, 4) is 5.75 Å². The highest BCUT2D eigenvalue weighted by molar-refractivity contribution is 6.46. The molecule has 2 saturated heterocycles. The number of morpholine rings is 1. The SMILES string of the molecule is COc1ccc(/C(O)=C2\C(=O)C(=O)N(CCN3CCOCC3)[C@@H]2c2ccc(C(C)C)cc2)cc1Cl. The summed E-state index contributed by atoms with van der Waals surface area (Å²) < 4.78 is 10.6. The molecule has 2 aliphatic rings. The van der Waals surface area contributed by atoms with E-state index in [1.165, 1.54) is 13.2 Å². The predicted octanol–water partition coefficient (Wildman–Crippen LogP) is 4.23. The summed E-state index contributed by atoms with van der Waals surface area (Å²) in [6.45, 7) is 8.05. The Morgan fingerprint density at radius 2 is 1.80 bits per heavy atom. The van der Waals surface area contributed by atoms with Crippen molar-refractivity contribution in [1.29, 1.82) is 0 Å². The molecule has 4 rings (SSSR count). The maximum Gasteiger partial charge on any atom is 0.295 e. The number of benzene rings is 2. The minimum absolute atomic E-state index is 0.0653. The molecule has 0 spiro atoms. The van der Waals surface area contributed by atoms with E-state index in [4.69, 9.17) is 21.1 Å². The fourth-order valence-corrected chi connectivity index (χ4v) is 4.82. The van der Waals surface area contributed by atoms with E-state index in [1.807, 2.05) is 24.3 Å². The van der Waals surface area contributed by atoms with Gasteiger partial charge in [0.2, 0.25) is 0 Å². The van der Waals surface area contributed by atoms with Crippen molar-refractivity contribution in [2.75, 3.05) is 46.5 Å². The lowest BCUT2D eigenvalue weighted by Crippen LogP contribution is -2.42. The van der Waals surface area contributed by atoms with Crippen LogP contribution in [0.25, 0.3) is 5.76 Å². The molecule has 186 valence electrons. The van der Waals surface area contributed by atoms with E-state index in [0.29, 0.717) is 48.6 Å². The first kappa shape index (κ1) is 25.2. The van der Waals surface area contributed by atoms with Crippen molar-refractivity contribution < 1.29 is 24.2 Å². The number of nitrogens with zero attached hydrogens (tertiary/aromatic N) is 2. The van der Waals surface area contributed by atoms with Gasteiger partial charge < -0.3 is 19.5 Å². The zero-order chi connectivity index (χ0) is 25.1. The molecule has 2 aromatic carbocycles. The van der Waals surface area contributed by atoms with Crippen molar-refractivity contribution in [2.45, 2.75) is 25.8 Å². The predicted molar refractivity (Wildman–Crippen MR) is 135 cm³/mol. The second-order valence-corrected chi connectivity index (χ2v) is 9.52. The molecule has 2 heterocycles. The maximum atomic E-state index is 13.2. The number of Topliss-reactive ketones (excluding diaryl/α,β-unsaturated/α-hetero) is 1. The third kappa shape index (κ3) is 5.22. The van der Waals surface area contributed by atoms with Gasteiger partial charge in [-0.15, -0.1) is 0 Å². The van der Waals surface area contributed by atoms with Crippen LogP contribution in [0, 0.1) is 0 Å². The second-order valence-electron chi connectivity index (χ2n) is 9.12. The first-order chi connectivity index (χ1) is 16.8. The van der Waals surface area contributed by atoms with Crippen LogP contribution in [0.2, 0.25) is 5.02 Å². The van der Waals surface area contributed by atoms with Gasteiger partial charge in [-0.3, -0.25) is 14.5 Å². The van der Waals surface area contributed by atoms with Crippen molar-refractivity contribution in [1.82, 2.24) is 9.80 Å². The van der Waals surface area contributed by atoms with Crippen LogP contribution in [0.15, 0.2) is 48.0 Å². The lowest BCUT2D eigenvalue weighted by molar-refractivity contribution is -0.140. The number of aliphatic hydroxyl groups is 1. The first-order valence-electron chi connectivity index (χ1n) is 11.8. The lowest BCUT2D eigenvalue weighted by Gasteiger charge is -2.31. The lowest BCUT2D eigenvalue weighted by atomic mass is 9.93. The van der Waals surface area contributed by atoms with Gasteiger partial charge in [0.15, 0.2) is 0 Å². The van der Waals surface area contributed by atoms with Crippen molar-refractivity contribution in [3.05, 3.63) is 69.8 Å². The summed E-state index contributed by atoms with van der Waals surface area (Å²) in [4.78, 5) is 30.2. The standard InChI is InChI=1S/C27H31ClN2O5/c1-17(2)18-4-6-19(7-5-18)24-23(25(31)20-8-9-22(34-3)21(28)16-20)26(32)27(33)30(24)11-10-29-12-14-35-15-13-29/h4-9,16-17,24,31H,10-15H2,1-3H3/b25-23+/t24-/m1/s1. The number of ketones is 1. The van der Waals surface area contributed by atoms with Crippen LogP contribution in [-0.2, 0) is 14.3 Å². The van der Waals surface area contributed by atoms with Gasteiger partial charge >= 0.3 is 0 Å². The number of carbonyl (C=O) groups excluding carboxylic acids is 2. The minimum atomic E-state index is -0.700. The average molecular weight is 499 g/mol. The van der Waals surface area contributed by atoms with Gasteiger partial charge in [-0.05, 0) is 35.2 Å². The molecule has 2 aromatic rings. The van der Waals surface area contributed by atoms with E-state index in [1.54, 1.807) is 17.0 Å². The van der Waals surface area contributed by atoms with Gasteiger partial charge in [0.25, 0.3) is 11.7 Å². The summed E-state index contributed by atoms with van der Waals surface area (Å²) in [5.74, 6) is -0.764. The van der Waals surface area contributed by atoms with Gasteiger partial charge in [0.1, 0.15) is 11.5 Å². The monoisotopic (exact) mass is 498 g/mol. The quantitative estimate of drug-likeness (QED) is 0.350. The number of methoxy groups -OCH3 is 1. The molecule has 1 atom stereocenters. The van der Waals surface area contributed by atoms with Crippen LogP contribution >= 0.6 is 11.6 Å². The molecule has 8 heteroatoms. The molecule has 1 amide bonds. The summed E-state index contributed by atoms with van der Waals surface area (Å²) in [6, 6.07) is 12.0. The minimum Gasteiger partial charge on any atom is -0.507 e. The largest absolute Gasteiger partial charge is 0.507 e. The Hall–Kier alpha value is -2.87. The Bertz CT molecular complexity index is 1120. The molecule has 0 radical (unpaired) electrons. The Labute approximate surface area is 210 Å². The third-order valence-electron chi connectivity index (χ3n) is 6.64. The topological polar surface area (TPSA) is 79.3 Å². The number of likely N-dealkylation sites (tertiary alicyclic amines) is 1. The molecule has 1 N–H and O–H groups in total. The molecule has 0 unspecified atom stereocenters. The van der Waals surface area contributed by atoms with Gasteiger partial charge in [-0.1, -0.05) is 49.7 Å². The molecule has 7 nitrogen and oxygen atoms in total.